The van der Waals surface area contributed by atoms with Crippen LogP contribution < -0.4 is 11.2 Å². The first-order chi connectivity index (χ1) is 9.35. The Morgan fingerprint density at radius 1 is 1.42 bits per heavy atom. The number of nitrogens with one attached hydrogen (secondary N) is 1. The van der Waals surface area contributed by atoms with Gasteiger partial charge in [0.25, 0.3) is 0 Å². The van der Waals surface area contributed by atoms with Gasteiger partial charge in [0.1, 0.15) is 5.71 Å². The second kappa shape index (κ2) is 6.49. The van der Waals surface area contributed by atoms with Gasteiger partial charge >= 0.3 is 0 Å². The van der Waals surface area contributed by atoms with Gasteiger partial charge in [0, 0.05) is 6.21 Å². The molecule has 1 aliphatic carbocycles. The molecular weight excluding hydrogens is 240 g/mol. The summed E-state index contributed by atoms with van der Waals surface area (Å²) in [5, 5.41) is 6.44. The molecule has 2 unspecified atom stereocenters. The van der Waals surface area contributed by atoms with Gasteiger partial charge in [-0.15, -0.1) is 0 Å². The van der Waals surface area contributed by atoms with Gasteiger partial charge in [-0.05, 0) is 12.0 Å². The SMILES string of the molecule is N/N=C(\C=NC1C=CC1)C(NC=O)c1ccccc1. The maximum absolute atomic E-state index is 10.8. The lowest BCUT2D eigenvalue weighted by Gasteiger charge is -2.17. The number of rotatable bonds is 6. The minimum absolute atomic E-state index is 0.199. The van der Waals surface area contributed by atoms with Crippen molar-refractivity contribution in [3.8, 4) is 0 Å². The molecule has 0 saturated carbocycles. The zero-order valence-corrected chi connectivity index (χ0v) is 10.4. The highest BCUT2D eigenvalue weighted by Gasteiger charge is 2.16. The summed E-state index contributed by atoms with van der Waals surface area (Å²) in [6, 6.07) is 9.34. The molecule has 0 radical (unpaired) electrons. The van der Waals surface area contributed by atoms with Crippen molar-refractivity contribution < 1.29 is 4.79 Å². The zero-order chi connectivity index (χ0) is 13.5. The largest absolute Gasteiger partial charge is 0.346 e. The average molecular weight is 256 g/mol. The van der Waals surface area contributed by atoms with E-state index in [1.165, 1.54) is 0 Å². The third kappa shape index (κ3) is 3.28. The number of nitrogens with zero attached hydrogens (tertiary/aromatic N) is 2. The normalized spacial score (nSPS) is 20.0. The summed E-state index contributed by atoms with van der Waals surface area (Å²) in [7, 11) is 0. The highest BCUT2D eigenvalue weighted by molar-refractivity contribution is 6.33. The van der Waals surface area contributed by atoms with Crippen LogP contribution in [0.5, 0.6) is 0 Å². The number of carbonyl (C=O) groups is 1. The monoisotopic (exact) mass is 256 g/mol. The summed E-state index contributed by atoms with van der Waals surface area (Å²) in [6.07, 6.45) is 7.27. The molecule has 5 nitrogen and oxygen atoms in total. The minimum Gasteiger partial charge on any atom is -0.346 e. The van der Waals surface area contributed by atoms with Crippen LogP contribution in [0.25, 0.3) is 0 Å². The van der Waals surface area contributed by atoms with Crippen LogP contribution in [0.2, 0.25) is 0 Å². The first-order valence-corrected chi connectivity index (χ1v) is 6.07. The Kier molecular flexibility index (Phi) is 4.44. The Hall–Kier alpha value is -2.43. The molecule has 1 amide bonds. The molecule has 0 fully saturated rings. The highest BCUT2D eigenvalue weighted by atomic mass is 16.1. The van der Waals surface area contributed by atoms with Crippen molar-refractivity contribution in [2.24, 2.45) is 15.9 Å². The molecule has 1 aromatic rings. The molecule has 0 aliphatic heterocycles. The summed E-state index contributed by atoms with van der Waals surface area (Å²) >= 11 is 0. The molecule has 5 heteroatoms. The van der Waals surface area contributed by atoms with Gasteiger partial charge in [-0.1, -0.05) is 42.5 Å². The Balaban J connectivity index is 2.18. The number of hydrogen-bond donors (Lipinski definition) is 2. The number of hydrazone groups is 1. The van der Waals surface area contributed by atoms with Crippen LogP contribution in [0.3, 0.4) is 0 Å². The van der Waals surface area contributed by atoms with E-state index >= 15 is 0 Å². The number of benzene rings is 1. The molecule has 1 aromatic carbocycles. The second-order valence-corrected chi connectivity index (χ2v) is 4.19. The number of nitrogens with two attached hydrogens (primary N) is 1. The summed E-state index contributed by atoms with van der Waals surface area (Å²) in [5.74, 6) is 5.41. The number of aliphatic imine (C=N–C) groups is 1. The molecule has 98 valence electrons. The van der Waals surface area contributed by atoms with Crippen LogP contribution in [0.1, 0.15) is 18.0 Å². The van der Waals surface area contributed by atoms with E-state index in [4.69, 9.17) is 5.84 Å². The van der Waals surface area contributed by atoms with E-state index in [2.05, 4.69) is 21.5 Å². The lowest BCUT2D eigenvalue weighted by atomic mass is 10.0. The summed E-state index contributed by atoms with van der Waals surface area (Å²) in [4.78, 5) is 15.1. The van der Waals surface area contributed by atoms with Crippen molar-refractivity contribution in [1.29, 1.82) is 0 Å². The quantitative estimate of drug-likeness (QED) is 0.263. The van der Waals surface area contributed by atoms with E-state index < -0.39 is 0 Å². The molecule has 19 heavy (non-hydrogen) atoms. The van der Waals surface area contributed by atoms with Crippen molar-refractivity contribution in [2.75, 3.05) is 0 Å². The minimum atomic E-state index is -0.378. The number of hydrogen-bond acceptors (Lipinski definition) is 4. The third-order valence-electron chi connectivity index (χ3n) is 2.95. The molecule has 0 heterocycles. The van der Waals surface area contributed by atoms with Crippen LogP contribution >= 0.6 is 0 Å². The van der Waals surface area contributed by atoms with Crippen LogP contribution in [-0.2, 0) is 4.79 Å². The van der Waals surface area contributed by atoms with Crippen LogP contribution in [0.15, 0.2) is 52.6 Å². The molecule has 0 aromatic heterocycles. The van der Waals surface area contributed by atoms with Crippen molar-refractivity contribution in [2.45, 2.75) is 18.5 Å². The Morgan fingerprint density at radius 2 is 2.16 bits per heavy atom. The lowest BCUT2D eigenvalue weighted by Crippen LogP contribution is -2.30. The van der Waals surface area contributed by atoms with Crippen molar-refractivity contribution >= 4 is 18.3 Å². The highest BCUT2D eigenvalue weighted by Crippen LogP contribution is 2.15. The molecular formula is C14H16N4O. The summed E-state index contributed by atoms with van der Waals surface area (Å²) < 4.78 is 0. The maximum atomic E-state index is 10.8. The van der Waals surface area contributed by atoms with Crippen molar-refractivity contribution in [1.82, 2.24) is 5.32 Å². The fourth-order valence-electron chi connectivity index (χ4n) is 1.79. The summed E-state index contributed by atoms with van der Waals surface area (Å²) in [6.45, 7) is 0. The predicted molar refractivity (Wildman–Crippen MR) is 76.0 cm³/mol. The van der Waals surface area contributed by atoms with E-state index in [1.807, 2.05) is 36.4 Å². The first kappa shape index (κ1) is 13.0. The van der Waals surface area contributed by atoms with Gasteiger partial charge in [0.15, 0.2) is 0 Å². The molecule has 0 spiro atoms. The van der Waals surface area contributed by atoms with Gasteiger partial charge < -0.3 is 11.2 Å². The molecule has 2 rings (SSSR count). The van der Waals surface area contributed by atoms with Gasteiger partial charge in [-0.25, -0.2) is 0 Å². The zero-order valence-electron chi connectivity index (χ0n) is 10.4. The standard InChI is InChI=1S/C14H16N4O/c15-18-13(9-16-12-7-4-8-12)14(17-10-19)11-5-2-1-3-6-11/h1-7,9-10,12,14H,8,15H2,(H,17,19)/b16-9?,18-13+. The second-order valence-electron chi connectivity index (χ2n) is 4.19. The molecule has 1 aliphatic rings. The number of amides is 1. The van der Waals surface area contributed by atoms with E-state index in [1.54, 1.807) is 6.21 Å². The van der Waals surface area contributed by atoms with Gasteiger partial charge in [-0.3, -0.25) is 9.79 Å². The lowest BCUT2D eigenvalue weighted by molar-refractivity contribution is -0.109. The molecule has 0 bridgehead atoms. The van der Waals surface area contributed by atoms with E-state index in [9.17, 15) is 4.79 Å². The van der Waals surface area contributed by atoms with Gasteiger partial charge in [-0.2, -0.15) is 5.10 Å². The van der Waals surface area contributed by atoms with E-state index in [0.717, 1.165) is 12.0 Å². The fraction of sp³-hybridized carbons (Fsp3) is 0.214. The van der Waals surface area contributed by atoms with Crippen molar-refractivity contribution in [3.63, 3.8) is 0 Å². The van der Waals surface area contributed by atoms with Crippen molar-refractivity contribution in [3.05, 3.63) is 48.0 Å². The summed E-state index contributed by atoms with van der Waals surface area (Å²) in [5.41, 5.74) is 1.44. The Bertz CT molecular complexity index is 507. The molecule has 3 N–H and O–H groups in total. The van der Waals surface area contributed by atoms with Crippen LogP contribution in [-0.4, -0.2) is 24.4 Å². The Morgan fingerprint density at radius 3 is 2.68 bits per heavy atom. The molecule has 2 atom stereocenters. The van der Waals surface area contributed by atoms with Crippen LogP contribution in [0, 0.1) is 0 Å². The first-order valence-electron chi connectivity index (χ1n) is 6.07. The number of carbonyl (C=O) groups excluding carboxylic acids is 1. The van der Waals surface area contributed by atoms with Crippen LogP contribution in [0.4, 0.5) is 0 Å². The topological polar surface area (TPSA) is 79.8 Å². The van der Waals surface area contributed by atoms with Gasteiger partial charge in [0.05, 0.1) is 12.1 Å². The van der Waals surface area contributed by atoms with E-state index in [-0.39, 0.29) is 12.1 Å². The smallest absolute Gasteiger partial charge is 0.207 e. The Labute approximate surface area is 111 Å². The van der Waals surface area contributed by atoms with E-state index in [0.29, 0.717) is 12.1 Å². The predicted octanol–water partition coefficient (Wildman–Crippen LogP) is 1.19. The average Bonchev–Trinajstić information content (AvgIpc) is 2.41. The fourth-order valence-corrected chi connectivity index (χ4v) is 1.79. The maximum Gasteiger partial charge on any atom is 0.207 e. The third-order valence-corrected chi connectivity index (χ3v) is 2.95. The van der Waals surface area contributed by atoms with Gasteiger partial charge in [0.2, 0.25) is 6.41 Å². The molecule has 0 saturated heterocycles.